The van der Waals surface area contributed by atoms with Crippen LogP contribution in [0.3, 0.4) is 0 Å². The van der Waals surface area contributed by atoms with E-state index >= 15 is 0 Å². The first-order chi connectivity index (χ1) is 10.2. The average Bonchev–Trinajstić information content (AvgIpc) is 2.52. The molecule has 0 amide bonds. The fraction of sp³-hybridized carbons (Fsp3) is 0.118. The van der Waals surface area contributed by atoms with E-state index < -0.39 is 11.2 Å². The number of ether oxygens (including phenoxy) is 1. The van der Waals surface area contributed by atoms with Crippen molar-refractivity contribution in [2.45, 2.75) is 6.92 Å². The summed E-state index contributed by atoms with van der Waals surface area (Å²) in [6.45, 7) is 2.35. The molecule has 0 bridgehead atoms. The molecule has 3 rings (SSSR count). The van der Waals surface area contributed by atoms with E-state index in [1.807, 2.05) is 13.0 Å². The van der Waals surface area contributed by atoms with Crippen LogP contribution in [0.2, 0.25) is 0 Å². The molecule has 106 valence electrons. The Morgan fingerprint density at radius 1 is 1.10 bits per heavy atom. The first-order valence-corrected chi connectivity index (χ1v) is 6.69. The van der Waals surface area contributed by atoms with Crippen molar-refractivity contribution in [2.75, 3.05) is 6.61 Å². The predicted molar refractivity (Wildman–Crippen MR) is 80.8 cm³/mol. The Kier molecular flexibility index (Phi) is 3.36. The second-order valence-corrected chi connectivity index (χ2v) is 4.53. The monoisotopic (exact) mass is 282 g/mol. The van der Waals surface area contributed by atoms with E-state index in [1.54, 1.807) is 42.5 Å². The highest BCUT2D eigenvalue weighted by atomic mass is 16.5. The topological polar surface area (TPSA) is 59.7 Å². The van der Waals surface area contributed by atoms with Gasteiger partial charge in [0.2, 0.25) is 11.2 Å². The standard InChI is InChI=1S/C17H14O4/c1-2-20-13-9-5-4-8-12(13)17-16(19)15(18)11-7-3-6-10-14(11)21-17/h3-10,19H,2H2,1H3. The molecule has 1 N–H and O–H groups in total. The van der Waals surface area contributed by atoms with Gasteiger partial charge in [-0.2, -0.15) is 0 Å². The summed E-state index contributed by atoms with van der Waals surface area (Å²) in [5.74, 6) is 0.289. The summed E-state index contributed by atoms with van der Waals surface area (Å²) in [5, 5.41) is 10.5. The van der Waals surface area contributed by atoms with E-state index in [0.717, 1.165) is 0 Å². The van der Waals surface area contributed by atoms with Gasteiger partial charge in [-0.1, -0.05) is 24.3 Å². The first-order valence-electron chi connectivity index (χ1n) is 6.69. The van der Waals surface area contributed by atoms with Crippen LogP contribution >= 0.6 is 0 Å². The molecule has 1 aromatic heterocycles. The lowest BCUT2D eigenvalue weighted by Gasteiger charge is -2.11. The number of aromatic hydroxyl groups is 1. The third kappa shape index (κ3) is 2.25. The van der Waals surface area contributed by atoms with Crippen molar-refractivity contribution in [2.24, 2.45) is 0 Å². The van der Waals surface area contributed by atoms with Gasteiger partial charge >= 0.3 is 0 Å². The molecule has 0 radical (unpaired) electrons. The van der Waals surface area contributed by atoms with E-state index in [9.17, 15) is 9.90 Å². The van der Waals surface area contributed by atoms with Crippen molar-refractivity contribution in [1.29, 1.82) is 0 Å². The van der Waals surface area contributed by atoms with Crippen LogP contribution in [0, 0.1) is 0 Å². The zero-order chi connectivity index (χ0) is 14.8. The van der Waals surface area contributed by atoms with Gasteiger partial charge in [0, 0.05) is 0 Å². The van der Waals surface area contributed by atoms with Crippen LogP contribution < -0.4 is 10.2 Å². The maximum atomic E-state index is 12.2. The highest BCUT2D eigenvalue weighted by molar-refractivity contribution is 5.82. The molecule has 0 unspecified atom stereocenters. The number of benzene rings is 2. The van der Waals surface area contributed by atoms with Crippen molar-refractivity contribution >= 4 is 11.0 Å². The van der Waals surface area contributed by atoms with E-state index in [1.165, 1.54) is 0 Å². The molecule has 0 fully saturated rings. The fourth-order valence-corrected chi connectivity index (χ4v) is 2.25. The molecule has 0 saturated carbocycles. The van der Waals surface area contributed by atoms with Gasteiger partial charge in [0.1, 0.15) is 11.3 Å². The van der Waals surface area contributed by atoms with E-state index in [-0.39, 0.29) is 5.76 Å². The number of fused-ring (bicyclic) bond motifs is 1. The summed E-state index contributed by atoms with van der Waals surface area (Å²) in [6, 6.07) is 14.0. The van der Waals surface area contributed by atoms with E-state index in [0.29, 0.717) is 28.9 Å². The van der Waals surface area contributed by atoms with Crippen LogP contribution in [0.1, 0.15) is 6.92 Å². The van der Waals surface area contributed by atoms with Crippen molar-refractivity contribution < 1.29 is 14.3 Å². The predicted octanol–water partition coefficient (Wildman–Crippen LogP) is 3.56. The minimum absolute atomic E-state index is 0.128. The molecular formula is C17H14O4. The molecule has 1 heterocycles. The van der Waals surface area contributed by atoms with E-state index in [2.05, 4.69) is 0 Å². The highest BCUT2D eigenvalue weighted by Crippen LogP contribution is 2.35. The van der Waals surface area contributed by atoms with Crippen molar-refractivity contribution in [3.05, 3.63) is 58.8 Å². The molecule has 21 heavy (non-hydrogen) atoms. The van der Waals surface area contributed by atoms with Gasteiger partial charge in [0.15, 0.2) is 5.76 Å². The molecule has 4 nitrogen and oxygen atoms in total. The molecule has 2 aromatic carbocycles. The summed E-state index contributed by atoms with van der Waals surface area (Å²) in [7, 11) is 0. The highest BCUT2D eigenvalue weighted by Gasteiger charge is 2.17. The maximum absolute atomic E-state index is 12.2. The minimum atomic E-state index is -0.446. The summed E-state index contributed by atoms with van der Waals surface area (Å²) >= 11 is 0. The quantitative estimate of drug-likeness (QED) is 0.798. The third-order valence-electron chi connectivity index (χ3n) is 3.21. The Morgan fingerprint density at radius 3 is 2.62 bits per heavy atom. The van der Waals surface area contributed by atoms with Crippen LogP contribution in [0.25, 0.3) is 22.3 Å². The lowest BCUT2D eigenvalue weighted by molar-refractivity contribution is 0.340. The van der Waals surface area contributed by atoms with Gasteiger partial charge in [0.05, 0.1) is 17.6 Å². The van der Waals surface area contributed by atoms with E-state index in [4.69, 9.17) is 9.15 Å². The molecule has 0 aliphatic carbocycles. The van der Waals surface area contributed by atoms with Crippen molar-refractivity contribution in [1.82, 2.24) is 0 Å². The van der Waals surface area contributed by atoms with Crippen LogP contribution in [-0.4, -0.2) is 11.7 Å². The number of para-hydroxylation sites is 2. The second-order valence-electron chi connectivity index (χ2n) is 4.53. The fourth-order valence-electron chi connectivity index (χ4n) is 2.25. The SMILES string of the molecule is CCOc1ccccc1-c1oc2ccccc2c(=O)c1O. The van der Waals surface area contributed by atoms with Gasteiger partial charge in [-0.25, -0.2) is 0 Å². The summed E-state index contributed by atoms with van der Waals surface area (Å²) < 4.78 is 11.2. The Morgan fingerprint density at radius 2 is 1.81 bits per heavy atom. The Labute approximate surface area is 121 Å². The normalized spacial score (nSPS) is 10.7. The Hall–Kier alpha value is -2.75. The molecule has 0 aliphatic heterocycles. The summed E-state index contributed by atoms with van der Waals surface area (Å²) in [5.41, 5.74) is 0.541. The zero-order valence-corrected chi connectivity index (χ0v) is 11.5. The van der Waals surface area contributed by atoms with Gasteiger partial charge in [-0.05, 0) is 31.2 Å². The lowest BCUT2D eigenvalue weighted by Crippen LogP contribution is -2.03. The molecule has 0 spiro atoms. The number of rotatable bonds is 3. The van der Waals surface area contributed by atoms with Crippen LogP contribution in [0.5, 0.6) is 11.5 Å². The molecule has 0 atom stereocenters. The number of hydrogen-bond acceptors (Lipinski definition) is 4. The third-order valence-corrected chi connectivity index (χ3v) is 3.21. The summed E-state index contributed by atoms with van der Waals surface area (Å²) in [6.07, 6.45) is 0. The van der Waals surface area contributed by atoms with Gasteiger partial charge in [-0.3, -0.25) is 4.79 Å². The van der Waals surface area contributed by atoms with Crippen LogP contribution in [0.15, 0.2) is 57.7 Å². The Balaban J connectivity index is 2.31. The Bertz CT molecular complexity index is 849. The smallest absolute Gasteiger partial charge is 0.235 e. The second kappa shape index (κ2) is 5.32. The van der Waals surface area contributed by atoms with Crippen molar-refractivity contribution in [3.63, 3.8) is 0 Å². The lowest BCUT2D eigenvalue weighted by atomic mass is 10.1. The maximum Gasteiger partial charge on any atom is 0.235 e. The minimum Gasteiger partial charge on any atom is -0.502 e. The zero-order valence-electron chi connectivity index (χ0n) is 11.5. The van der Waals surface area contributed by atoms with Gasteiger partial charge < -0.3 is 14.3 Å². The molecule has 0 aliphatic rings. The number of hydrogen-bond donors (Lipinski definition) is 1. The molecular weight excluding hydrogens is 268 g/mol. The average molecular weight is 282 g/mol. The van der Waals surface area contributed by atoms with Crippen molar-refractivity contribution in [3.8, 4) is 22.8 Å². The molecule has 0 saturated heterocycles. The first kappa shape index (κ1) is 13.2. The molecule has 3 aromatic rings. The largest absolute Gasteiger partial charge is 0.502 e. The molecule has 4 heteroatoms. The van der Waals surface area contributed by atoms with Gasteiger partial charge in [0.25, 0.3) is 0 Å². The van der Waals surface area contributed by atoms with Crippen LogP contribution in [0.4, 0.5) is 0 Å². The van der Waals surface area contributed by atoms with Gasteiger partial charge in [-0.15, -0.1) is 0 Å². The van der Waals surface area contributed by atoms with Crippen LogP contribution in [-0.2, 0) is 0 Å². The summed E-state index contributed by atoms with van der Waals surface area (Å²) in [4.78, 5) is 12.2.